The highest BCUT2D eigenvalue weighted by atomic mass is 127. The SMILES string of the molecule is IC1CCC(N(C2CCC(C3CCCCC3)CC2)C2CCC(C3CCCCC3)CC2)CC1. The molecule has 0 N–H and O–H groups in total. The van der Waals surface area contributed by atoms with Crippen molar-refractivity contribution < 1.29 is 0 Å². The van der Waals surface area contributed by atoms with Gasteiger partial charge in [0.1, 0.15) is 0 Å². The first kappa shape index (κ1) is 24.4. The maximum absolute atomic E-state index is 3.22. The zero-order chi connectivity index (χ0) is 21.8. The summed E-state index contributed by atoms with van der Waals surface area (Å²) in [7, 11) is 0. The Morgan fingerprint density at radius 1 is 0.344 bits per heavy atom. The number of hydrogen-bond acceptors (Lipinski definition) is 1. The Labute approximate surface area is 213 Å². The van der Waals surface area contributed by atoms with Crippen molar-refractivity contribution in [2.75, 3.05) is 0 Å². The van der Waals surface area contributed by atoms with Crippen LogP contribution in [-0.2, 0) is 0 Å². The number of alkyl halides is 1. The summed E-state index contributed by atoms with van der Waals surface area (Å²) < 4.78 is 0.953. The summed E-state index contributed by atoms with van der Waals surface area (Å²) in [6.45, 7) is 0. The quantitative estimate of drug-likeness (QED) is 0.242. The van der Waals surface area contributed by atoms with E-state index in [0.717, 1.165) is 45.7 Å². The standard InChI is InChI=1S/C30H52IN/c31-27-15-21-30(22-16-27)32(28-17-11-25(12-18-28)23-7-3-1-4-8-23)29-19-13-26(14-20-29)24-9-5-2-6-10-24/h23-30H,1-22H2. The molecule has 0 aromatic heterocycles. The van der Waals surface area contributed by atoms with Gasteiger partial charge in [-0.05, 0) is 101 Å². The summed E-state index contributed by atoms with van der Waals surface area (Å²) in [5.74, 6) is 4.36. The molecule has 0 heterocycles. The zero-order valence-corrected chi connectivity index (χ0v) is 23.2. The fourth-order valence-corrected chi connectivity index (χ4v) is 9.90. The summed E-state index contributed by atoms with van der Waals surface area (Å²) in [6.07, 6.45) is 33.7. The molecule has 0 amide bonds. The Morgan fingerprint density at radius 2 is 0.656 bits per heavy atom. The van der Waals surface area contributed by atoms with E-state index in [9.17, 15) is 0 Å². The molecule has 5 fully saturated rings. The second kappa shape index (κ2) is 12.1. The topological polar surface area (TPSA) is 3.24 Å². The summed E-state index contributed by atoms with van der Waals surface area (Å²) in [4.78, 5) is 3.22. The molecule has 0 saturated heterocycles. The second-order valence-corrected chi connectivity index (χ2v) is 14.5. The highest BCUT2D eigenvalue weighted by molar-refractivity contribution is 14.1. The van der Waals surface area contributed by atoms with Gasteiger partial charge in [0.2, 0.25) is 0 Å². The lowest BCUT2D eigenvalue weighted by Gasteiger charge is -2.50. The predicted octanol–water partition coefficient (Wildman–Crippen LogP) is 9.31. The van der Waals surface area contributed by atoms with Gasteiger partial charge in [-0.15, -0.1) is 0 Å². The minimum absolute atomic E-state index is 0.925. The molecule has 1 nitrogen and oxygen atoms in total. The van der Waals surface area contributed by atoms with Crippen LogP contribution < -0.4 is 0 Å². The van der Waals surface area contributed by atoms with Gasteiger partial charge in [-0.2, -0.15) is 0 Å². The number of nitrogens with zero attached hydrogens (tertiary/aromatic N) is 1. The lowest BCUT2D eigenvalue weighted by molar-refractivity contribution is -0.000773. The fraction of sp³-hybridized carbons (Fsp3) is 1.00. The van der Waals surface area contributed by atoms with Crippen molar-refractivity contribution in [1.82, 2.24) is 4.90 Å². The molecular weight excluding hydrogens is 501 g/mol. The highest BCUT2D eigenvalue weighted by Crippen LogP contribution is 2.44. The highest BCUT2D eigenvalue weighted by Gasteiger charge is 2.40. The summed E-state index contributed by atoms with van der Waals surface area (Å²) >= 11 is 2.74. The molecule has 0 unspecified atom stereocenters. The molecular formula is C30H52IN. The van der Waals surface area contributed by atoms with E-state index in [4.69, 9.17) is 0 Å². The monoisotopic (exact) mass is 553 g/mol. The lowest BCUT2D eigenvalue weighted by Crippen LogP contribution is -2.53. The molecule has 2 heteroatoms. The largest absolute Gasteiger partial charge is 0.294 e. The molecule has 0 spiro atoms. The van der Waals surface area contributed by atoms with Crippen molar-refractivity contribution in [1.29, 1.82) is 0 Å². The molecule has 0 aromatic carbocycles. The van der Waals surface area contributed by atoms with Gasteiger partial charge in [-0.3, -0.25) is 4.90 Å². The van der Waals surface area contributed by atoms with Gasteiger partial charge in [-0.1, -0.05) is 86.8 Å². The van der Waals surface area contributed by atoms with Crippen molar-refractivity contribution in [3.05, 3.63) is 0 Å². The molecule has 5 rings (SSSR count). The summed E-state index contributed by atoms with van der Waals surface area (Å²) in [5.41, 5.74) is 0. The second-order valence-electron chi connectivity index (χ2n) is 12.8. The maximum Gasteiger partial charge on any atom is 0.0111 e. The minimum atomic E-state index is 0.925. The Balaban J connectivity index is 1.19. The van der Waals surface area contributed by atoms with Crippen LogP contribution in [0.25, 0.3) is 0 Å². The predicted molar refractivity (Wildman–Crippen MR) is 147 cm³/mol. The van der Waals surface area contributed by atoms with Gasteiger partial charge >= 0.3 is 0 Å². The summed E-state index contributed by atoms with van der Waals surface area (Å²) in [5, 5.41) is 0. The van der Waals surface area contributed by atoms with Crippen LogP contribution in [0.15, 0.2) is 0 Å². The van der Waals surface area contributed by atoms with E-state index in [2.05, 4.69) is 27.5 Å². The number of halogens is 1. The van der Waals surface area contributed by atoms with E-state index < -0.39 is 0 Å². The number of hydrogen-bond donors (Lipinski definition) is 0. The van der Waals surface area contributed by atoms with Crippen LogP contribution in [-0.4, -0.2) is 27.0 Å². The number of rotatable bonds is 5. The van der Waals surface area contributed by atoms with E-state index in [1.165, 1.54) is 89.9 Å². The third-order valence-electron chi connectivity index (χ3n) is 11.0. The third kappa shape index (κ3) is 6.08. The average Bonchev–Trinajstić information content (AvgIpc) is 2.87. The van der Waals surface area contributed by atoms with Gasteiger partial charge in [0.25, 0.3) is 0 Å². The van der Waals surface area contributed by atoms with Crippen molar-refractivity contribution in [2.24, 2.45) is 23.7 Å². The lowest BCUT2D eigenvalue weighted by atomic mass is 9.70. The van der Waals surface area contributed by atoms with Crippen LogP contribution in [0.5, 0.6) is 0 Å². The van der Waals surface area contributed by atoms with Crippen LogP contribution in [0.1, 0.15) is 141 Å². The molecule has 184 valence electrons. The van der Waals surface area contributed by atoms with E-state index in [0.29, 0.717) is 0 Å². The fourth-order valence-electron chi connectivity index (χ4n) is 9.18. The molecule has 5 saturated carbocycles. The molecule has 5 aliphatic rings. The van der Waals surface area contributed by atoms with E-state index >= 15 is 0 Å². The minimum Gasteiger partial charge on any atom is -0.294 e. The smallest absolute Gasteiger partial charge is 0.0111 e. The van der Waals surface area contributed by atoms with Crippen LogP contribution in [0.2, 0.25) is 0 Å². The molecule has 0 bridgehead atoms. The Bertz CT molecular complexity index is 489. The van der Waals surface area contributed by atoms with E-state index in [1.807, 2.05) is 0 Å². The van der Waals surface area contributed by atoms with Crippen LogP contribution in [0.3, 0.4) is 0 Å². The first-order valence-corrected chi connectivity index (χ1v) is 16.4. The Morgan fingerprint density at radius 3 is 1.03 bits per heavy atom. The van der Waals surface area contributed by atoms with Gasteiger partial charge in [0.15, 0.2) is 0 Å². The van der Waals surface area contributed by atoms with E-state index in [1.54, 1.807) is 51.4 Å². The van der Waals surface area contributed by atoms with Crippen molar-refractivity contribution >= 4 is 22.6 Å². The van der Waals surface area contributed by atoms with Gasteiger partial charge in [0, 0.05) is 22.1 Å². The van der Waals surface area contributed by atoms with Crippen molar-refractivity contribution in [3.63, 3.8) is 0 Å². The molecule has 0 aliphatic heterocycles. The molecule has 32 heavy (non-hydrogen) atoms. The van der Waals surface area contributed by atoms with Gasteiger partial charge in [-0.25, -0.2) is 0 Å². The Hall–Kier alpha value is 0.690. The van der Waals surface area contributed by atoms with Crippen LogP contribution in [0.4, 0.5) is 0 Å². The Kier molecular flexibility index (Phi) is 9.21. The molecule has 0 aromatic rings. The van der Waals surface area contributed by atoms with Crippen LogP contribution >= 0.6 is 22.6 Å². The maximum atomic E-state index is 3.22. The van der Waals surface area contributed by atoms with Crippen molar-refractivity contribution in [3.8, 4) is 0 Å². The van der Waals surface area contributed by atoms with Gasteiger partial charge in [0.05, 0.1) is 0 Å². The molecule has 0 atom stereocenters. The first-order chi connectivity index (χ1) is 15.8. The van der Waals surface area contributed by atoms with Gasteiger partial charge < -0.3 is 0 Å². The average molecular weight is 554 g/mol. The molecule has 0 radical (unpaired) electrons. The van der Waals surface area contributed by atoms with Crippen molar-refractivity contribution in [2.45, 2.75) is 163 Å². The van der Waals surface area contributed by atoms with E-state index in [-0.39, 0.29) is 0 Å². The van der Waals surface area contributed by atoms with Crippen LogP contribution in [0, 0.1) is 23.7 Å². The normalized spacial score (nSPS) is 41.1. The first-order valence-electron chi connectivity index (χ1n) is 15.2. The molecule has 5 aliphatic carbocycles. The third-order valence-corrected chi connectivity index (χ3v) is 12.3. The zero-order valence-electron chi connectivity index (χ0n) is 21.0. The summed E-state index contributed by atoms with van der Waals surface area (Å²) in [6, 6.07) is 2.79.